The van der Waals surface area contributed by atoms with E-state index in [0.717, 1.165) is 24.2 Å². The molecule has 0 saturated carbocycles. The lowest BCUT2D eigenvalue weighted by Gasteiger charge is -2.11. The van der Waals surface area contributed by atoms with Crippen LogP contribution in [0.1, 0.15) is 19.8 Å². The van der Waals surface area contributed by atoms with Gasteiger partial charge in [0.05, 0.1) is 26.5 Å². The van der Waals surface area contributed by atoms with Crippen LogP contribution in [0.4, 0.5) is 5.69 Å². The van der Waals surface area contributed by atoms with Crippen LogP contribution in [0.25, 0.3) is 16.8 Å². The number of methoxy groups -OCH3 is 2. The first-order valence-corrected chi connectivity index (χ1v) is 11.4. The van der Waals surface area contributed by atoms with E-state index in [0.29, 0.717) is 35.0 Å². The van der Waals surface area contributed by atoms with Crippen molar-refractivity contribution in [1.29, 1.82) is 0 Å². The molecular weight excluding hydrogens is 448 g/mol. The first-order valence-electron chi connectivity index (χ1n) is 11.4. The molecule has 2 aromatic heterocycles. The van der Waals surface area contributed by atoms with Gasteiger partial charge in [0, 0.05) is 41.8 Å². The van der Waals surface area contributed by atoms with E-state index < -0.39 is 0 Å². The lowest BCUT2D eigenvalue weighted by Crippen LogP contribution is -2.28. The zero-order valence-electron chi connectivity index (χ0n) is 20.0. The molecule has 2 aromatic carbocycles. The second-order valence-electron chi connectivity index (χ2n) is 7.97. The summed E-state index contributed by atoms with van der Waals surface area (Å²) in [5.74, 6) is 1.54. The third-order valence-corrected chi connectivity index (χ3v) is 5.47. The third kappa shape index (κ3) is 5.63. The summed E-state index contributed by atoms with van der Waals surface area (Å²) in [6, 6.07) is 14.4. The summed E-state index contributed by atoms with van der Waals surface area (Å²) in [5, 5.41) is 7.29. The quantitative estimate of drug-likeness (QED) is 0.348. The minimum atomic E-state index is -0.356. The molecule has 35 heavy (non-hydrogen) atoms. The summed E-state index contributed by atoms with van der Waals surface area (Å²) in [6.45, 7) is 2.65. The summed E-state index contributed by atoms with van der Waals surface area (Å²) < 4.78 is 19.0. The zero-order valence-corrected chi connectivity index (χ0v) is 20.0. The van der Waals surface area contributed by atoms with Crippen LogP contribution in [0.2, 0.25) is 0 Å². The highest BCUT2D eigenvalue weighted by atomic mass is 16.5. The van der Waals surface area contributed by atoms with Crippen molar-refractivity contribution in [2.75, 3.05) is 26.1 Å². The second-order valence-corrected chi connectivity index (χ2v) is 7.97. The molecule has 0 saturated heterocycles. The van der Waals surface area contributed by atoms with Crippen molar-refractivity contribution in [3.05, 3.63) is 71.3 Å². The molecule has 0 aliphatic rings. The standard InChI is InChI=1S/C26H28N4O5/c1-4-5-12-35-20-8-6-18(7-9-20)23-16-24-26(32)29(10-11-30(24)28-23)17-25(31)27-19-13-21(33-2)15-22(14-19)34-3/h6-11,13-16H,4-5,12,17H2,1-3H3,(H,27,31). The van der Waals surface area contributed by atoms with Gasteiger partial charge in [-0.05, 0) is 36.8 Å². The summed E-state index contributed by atoms with van der Waals surface area (Å²) in [6.07, 6.45) is 5.29. The summed E-state index contributed by atoms with van der Waals surface area (Å²) in [5.41, 5.74) is 2.10. The Balaban J connectivity index is 1.50. The number of ether oxygens (including phenoxy) is 3. The van der Waals surface area contributed by atoms with Gasteiger partial charge in [-0.25, -0.2) is 4.52 Å². The SMILES string of the molecule is CCCCOc1ccc(-c2cc3c(=O)n(CC(=O)Nc4cc(OC)cc(OC)c4)ccn3n2)cc1. The predicted octanol–water partition coefficient (Wildman–Crippen LogP) is 4.00. The number of carbonyl (C=O) groups excluding carboxylic acids is 1. The lowest BCUT2D eigenvalue weighted by atomic mass is 10.1. The average Bonchev–Trinajstić information content (AvgIpc) is 3.31. The number of anilines is 1. The maximum atomic E-state index is 13.0. The third-order valence-electron chi connectivity index (χ3n) is 5.47. The molecule has 182 valence electrons. The van der Waals surface area contributed by atoms with Crippen LogP contribution >= 0.6 is 0 Å². The van der Waals surface area contributed by atoms with Gasteiger partial charge in [-0.1, -0.05) is 13.3 Å². The molecule has 4 aromatic rings. The highest BCUT2D eigenvalue weighted by molar-refractivity contribution is 5.91. The van der Waals surface area contributed by atoms with Gasteiger partial charge >= 0.3 is 0 Å². The van der Waals surface area contributed by atoms with E-state index in [1.807, 2.05) is 24.3 Å². The van der Waals surface area contributed by atoms with Crippen molar-refractivity contribution in [3.8, 4) is 28.5 Å². The first-order chi connectivity index (χ1) is 17.0. The van der Waals surface area contributed by atoms with Crippen LogP contribution in [0.3, 0.4) is 0 Å². The molecule has 1 N–H and O–H groups in total. The molecule has 1 amide bonds. The number of nitrogens with zero attached hydrogens (tertiary/aromatic N) is 3. The van der Waals surface area contributed by atoms with Crippen LogP contribution in [0.5, 0.6) is 17.2 Å². The Hall–Kier alpha value is -4.27. The van der Waals surface area contributed by atoms with E-state index >= 15 is 0 Å². The number of hydrogen-bond donors (Lipinski definition) is 1. The Morgan fingerprint density at radius 3 is 2.34 bits per heavy atom. The zero-order chi connectivity index (χ0) is 24.8. The largest absolute Gasteiger partial charge is 0.497 e. The highest BCUT2D eigenvalue weighted by Crippen LogP contribution is 2.26. The Labute approximate surface area is 202 Å². The average molecular weight is 477 g/mol. The van der Waals surface area contributed by atoms with Gasteiger partial charge in [-0.3, -0.25) is 9.59 Å². The number of rotatable bonds is 10. The molecule has 0 spiro atoms. The minimum Gasteiger partial charge on any atom is -0.497 e. The smallest absolute Gasteiger partial charge is 0.277 e. The van der Waals surface area contributed by atoms with Crippen LogP contribution in [0, 0.1) is 0 Å². The molecule has 0 fully saturated rings. The van der Waals surface area contributed by atoms with E-state index in [1.54, 1.807) is 36.7 Å². The van der Waals surface area contributed by atoms with Gasteiger partial charge in [0.25, 0.3) is 5.56 Å². The van der Waals surface area contributed by atoms with Crippen molar-refractivity contribution < 1.29 is 19.0 Å². The van der Waals surface area contributed by atoms with Gasteiger partial charge in [0.2, 0.25) is 5.91 Å². The first kappa shape index (κ1) is 23.9. The van der Waals surface area contributed by atoms with E-state index in [1.165, 1.54) is 23.3 Å². The number of amides is 1. The second kappa shape index (κ2) is 10.8. The minimum absolute atomic E-state index is 0.154. The van der Waals surface area contributed by atoms with Gasteiger partial charge in [0.15, 0.2) is 0 Å². The number of benzene rings is 2. The van der Waals surface area contributed by atoms with E-state index in [9.17, 15) is 9.59 Å². The van der Waals surface area contributed by atoms with Crippen LogP contribution in [0.15, 0.2) is 65.7 Å². The lowest BCUT2D eigenvalue weighted by molar-refractivity contribution is -0.116. The number of aromatic nitrogens is 3. The van der Waals surface area contributed by atoms with Gasteiger partial charge in [-0.15, -0.1) is 0 Å². The monoisotopic (exact) mass is 476 g/mol. The molecule has 0 unspecified atom stereocenters. The molecule has 0 aliphatic heterocycles. The highest BCUT2D eigenvalue weighted by Gasteiger charge is 2.12. The van der Waals surface area contributed by atoms with E-state index in [4.69, 9.17) is 14.2 Å². The molecule has 0 aliphatic carbocycles. The van der Waals surface area contributed by atoms with Crippen LogP contribution < -0.4 is 25.1 Å². The Kier molecular flexibility index (Phi) is 7.35. The normalized spacial score (nSPS) is 10.8. The van der Waals surface area contributed by atoms with Gasteiger partial charge in [0.1, 0.15) is 29.3 Å². The number of nitrogens with one attached hydrogen (secondary N) is 1. The van der Waals surface area contributed by atoms with Gasteiger partial charge in [-0.2, -0.15) is 5.10 Å². The Morgan fingerprint density at radius 2 is 1.69 bits per heavy atom. The maximum Gasteiger partial charge on any atom is 0.277 e. The number of fused-ring (bicyclic) bond motifs is 1. The summed E-state index contributed by atoms with van der Waals surface area (Å²) >= 11 is 0. The molecule has 2 heterocycles. The molecule has 9 heteroatoms. The molecule has 0 atom stereocenters. The predicted molar refractivity (Wildman–Crippen MR) is 133 cm³/mol. The number of carbonyl (C=O) groups is 1. The van der Waals surface area contributed by atoms with E-state index in [2.05, 4.69) is 17.3 Å². The maximum absolute atomic E-state index is 13.0. The topological polar surface area (TPSA) is 96.1 Å². The van der Waals surface area contributed by atoms with E-state index in [-0.39, 0.29) is 18.0 Å². The molecular formula is C26H28N4O5. The number of unbranched alkanes of at least 4 members (excludes halogenated alkanes) is 1. The van der Waals surface area contributed by atoms with Crippen LogP contribution in [-0.4, -0.2) is 40.9 Å². The van der Waals surface area contributed by atoms with Crippen molar-refractivity contribution in [2.24, 2.45) is 0 Å². The Bertz CT molecular complexity index is 1350. The Morgan fingerprint density at radius 1 is 0.971 bits per heavy atom. The fourth-order valence-electron chi connectivity index (χ4n) is 3.58. The number of hydrogen-bond acceptors (Lipinski definition) is 6. The van der Waals surface area contributed by atoms with Gasteiger partial charge < -0.3 is 24.1 Å². The summed E-state index contributed by atoms with van der Waals surface area (Å²) in [4.78, 5) is 25.7. The fraction of sp³-hybridized carbons (Fsp3) is 0.269. The molecule has 4 rings (SSSR count). The van der Waals surface area contributed by atoms with Crippen molar-refractivity contribution in [3.63, 3.8) is 0 Å². The van der Waals surface area contributed by atoms with Crippen molar-refractivity contribution in [1.82, 2.24) is 14.2 Å². The fourth-order valence-corrected chi connectivity index (χ4v) is 3.58. The summed E-state index contributed by atoms with van der Waals surface area (Å²) in [7, 11) is 3.06. The van der Waals surface area contributed by atoms with Crippen molar-refractivity contribution in [2.45, 2.75) is 26.3 Å². The van der Waals surface area contributed by atoms with Crippen LogP contribution in [-0.2, 0) is 11.3 Å². The molecule has 0 bridgehead atoms. The molecule has 9 nitrogen and oxygen atoms in total. The van der Waals surface area contributed by atoms with Crippen molar-refractivity contribution >= 4 is 17.1 Å². The molecule has 0 radical (unpaired) electrons.